The van der Waals surface area contributed by atoms with Gasteiger partial charge in [0, 0.05) is 29.7 Å². The number of nitriles is 1. The largest absolute Gasteiger partial charge is 0.378 e. The summed E-state index contributed by atoms with van der Waals surface area (Å²) in [5, 5.41) is 10.8. The normalized spacial score (nSPS) is 18.1. The summed E-state index contributed by atoms with van der Waals surface area (Å²) in [7, 11) is 1.71. The molecule has 0 radical (unpaired) electrons. The number of nitrogens with zero attached hydrogens (tertiary/aromatic N) is 3. The molecule has 0 saturated carbocycles. The third-order valence-corrected chi connectivity index (χ3v) is 7.60. The molecule has 3 aromatic rings. The summed E-state index contributed by atoms with van der Waals surface area (Å²) in [6, 6.07) is 9.58. The number of aromatic amines is 1. The number of hydrogen-bond acceptors (Lipinski definition) is 4. The lowest BCUT2D eigenvalue weighted by Gasteiger charge is -2.41. The number of ether oxygens (including phenoxy) is 1. The lowest BCUT2D eigenvalue weighted by atomic mass is 9.87. The maximum atomic E-state index is 12.4. The fraction of sp³-hybridized carbons (Fsp3) is 0.481. The molecule has 0 bridgehead atoms. The Balaban J connectivity index is 1.55. The second kappa shape index (κ2) is 8.48. The Morgan fingerprint density at radius 2 is 1.94 bits per heavy atom. The maximum Gasteiger partial charge on any atom is 0.268 e. The molecule has 2 saturated heterocycles. The Morgan fingerprint density at radius 1 is 1.21 bits per heavy atom. The van der Waals surface area contributed by atoms with Gasteiger partial charge in [-0.15, -0.1) is 0 Å². The van der Waals surface area contributed by atoms with Gasteiger partial charge >= 0.3 is 0 Å². The van der Waals surface area contributed by atoms with Crippen molar-refractivity contribution in [3.63, 3.8) is 0 Å². The van der Waals surface area contributed by atoms with Gasteiger partial charge in [0.2, 0.25) is 0 Å². The van der Waals surface area contributed by atoms with Crippen molar-refractivity contribution in [2.75, 3.05) is 26.3 Å². The van der Waals surface area contributed by atoms with Crippen molar-refractivity contribution < 1.29 is 4.74 Å². The second-order valence-corrected chi connectivity index (χ2v) is 9.95. The minimum absolute atomic E-state index is 0.215. The average molecular weight is 445 g/mol. The van der Waals surface area contributed by atoms with Gasteiger partial charge in [-0.25, -0.2) is 0 Å². The smallest absolute Gasteiger partial charge is 0.268 e. The summed E-state index contributed by atoms with van der Waals surface area (Å²) in [6.07, 6.45) is 4.22. The van der Waals surface area contributed by atoms with E-state index in [4.69, 9.17) is 4.74 Å². The molecule has 1 aromatic carbocycles. The Kier molecular flexibility index (Phi) is 5.64. The van der Waals surface area contributed by atoms with Crippen molar-refractivity contribution in [1.29, 1.82) is 5.26 Å². The predicted molar refractivity (Wildman–Crippen MR) is 131 cm³/mol. The van der Waals surface area contributed by atoms with E-state index < -0.39 is 0 Å². The molecule has 4 heterocycles. The van der Waals surface area contributed by atoms with Gasteiger partial charge in [0.1, 0.15) is 11.6 Å². The van der Waals surface area contributed by atoms with Gasteiger partial charge in [-0.3, -0.25) is 9.69 Å². The maximum absolute atomic E-state index is 12.4. The van der Waals surface area contributed by atoms with E-state index in [9.17, 15) is 10.1 Å². The standard InChI is InChI=1S/C27H32N4O2/c1-16(2)25-21-11-19(18-7-9-31(10-8-18)20-14-33-15-20)5-6-24(21)29-26(25)23-13-30(4)27(32)22(12-28)17(23)3/h5-6,11,13,16,18,20,29H,7-10,14-15H2,1-4H3. The van der Waals surface area contributed by atoms with Crippen LogP contribution >= 0.6 is 0 Å². The summed E-state index contributed by atoms with van der Waals surface area (Å²) in [4.78, 5) is 18.6. The lowest BCUT2D eigenvalue weighted by molar-refractivity contribution is -0.0712. The highest BCUT2D eigenvalue weighted by Gasteiger charge is 2.30. The van der Waals surface area contributed by atoms with E-state index in [0.29, 0.717) is 17.9 Å². The van der Waals surface area contributed by atoms with E-state index in [0.717, 1.165) is 48.6 Å². The molecule has 0 amide bonds. The summed E-state index contributed by atoms with van der Waals surface area (Å²) < 4.78 is 6.89. The number of aryl methyl sites for hydroxylation is 1. The SMILES string of the molecule is Cc1c(-c2[nH]c3ccc(C4CCN(C5COC5)CC4)cc3c2C(C)C)cn(C)c(=O)c1C#N. The molecule has 2 aliphatic rings. The molecule has 2 aliphatic heterocycles. The van der Waals surface area contributed by atoms with Gasteiger partial charge in [-0.2, -0.15) is 5.26 Å². The molecular weight excluding hydrogens is 412 g/mol. The van der Waals surface area contributed by atoms with E-state index in [1.165, 1.54) is 33.9 Å². The van der Waals surface area contributed by atoms with Crippen LogP contribution in [0, 0.1) is 18.3 Å². The number of aromatic nitrogens is 2. The lowest BCUT2D eigenvalue weighted by Crippen LogP contribution is -2.51. The molecule has 6 nitrogen and oxygen atoms in total. The highest BCUT2D eigenvalue weighted by atomic mass is 16.5. The van der Waals surface area contributed by atoms with Crippen LogP contribution in [-0.2, 0) is 11.8 Å². The van der Waals surface area contributed by atoms with Crippen LogP contribution in [0.1, 0.15) is 60.8 Å². The van der Waals surface area contributed by atoms with Crippen LogP contribution < -0.4 is 5.56 Å². The zero-order chi connectivity index (χ0) is 23.3. The molecule has 33 heavy (non-hydrogen) atoms. The number of nitrogens with one attached hydrogen (secondary N) is 1. The number of H-pyrrole nitrogens is 1. The minimum atomic E-state index is -0.247. The molecule has 1 N–H and O–H groups in total. The van der Waals surface area contributed by atoms with Gasteiger partial charge in [-0.05, 0) is 73.5 Å². The second-order valence-electron chi connectivity index (χ2n) is 9.95. The van der Waals surface area contributed by atoms with Crippen molar-refractivity contribution in [3.8, 4) is 17.3 Å². The first kappa shape index (κ1) is 21.9. The van der Waals surface area contributed by atoms with Gasteiger partial charge in [-0.1, -0.05) is 19.9 Å². The van der Waals surface area contributed by atoms with Crippen LogP contribution in [0.4, 0.5) is 0 Å². The fourth-order valence-electron chi connectivity index (χ4n) is 5.53. The number of piperidine rings is 1. The quantitative estimate of drug-likeness (QED) is 0.647. The predicted octanol–water partition coefficient (Wildman–Crippen LogP) is 4.42. The zero-order valence-electron chi connectivity index (χ0n) is 19.9. The van der Waals surface area contributed by atoms with E-state index in [-0.39, 0.29) is 11.1 Å². The first-order valence-corrected chi connectivity index (χ1v) is 12.0. The summed E-state index contributed by atoms with van der Waals surface area (Å²) in [5.41, 5.74) is 6.41. The van der Waals surface area contributed by atoms with Gasteiger partial charge in [0.25, 0.3) is 5.56 Å². The Labute approximate surface area is 194 Å². The van der Waals surface area contributed by atoms with Crippen LogP contribution in [0.2, 0.25) is 0 Å². The third-order valence-electron chi connectivity index (χ3n) is 7.60. The molecule has 6 heteroatoms. The zero-order valence-corrected chi connectivity index (χ0v) is 19.9. The van der Waals surface area contributed by atoms with Crippen LogP contribution in [0.3, 0.4) is 0 Å². The molecule has 5 rings (SSSR count). The summed E-state index contributed by atoms with van der Waals surface area (Å²) in [5.74, 6) is 0.876. The molecule has 2 fully saturated rings. The van der Waals surface area contributed by atoms with Crippen molar-refractivity contribution in [2.45, 2.75) is 51.5 Å². The van der Waals surface area contributed by atoms with Crippen LogP contribution in [0.15, 0.2) is 29.2 Å². The number of pyridine rings is 1. The van der Waals surface area contributed by atoms with Gasteiger partial charge in [0.05, 0.1) is 24.9 Å². The van der Waals surface area contributed by atoms with E-state index in [1.807, 2.05) is 13.1 Å². The molecule has 172 valence electrons. The summed E-state index contributed by atoms with van der Waals surface area (Å²) in [6.45, 7) is 10.3. The Morgan fingerprint density at radius 3 is 2.55 bits per heavy atom. The molecule has 0 atom stereocenters. The minimum Gasteiger partial charge on any atom is -0.378 e. The summed E-state index contributed by atoms with van der Waals surface area (Å²) >= 11 is 0. The monoisotopic (exact) mass is 444 g/mol. The number of rotatable bonds is 4. The van der Waals surface area contributed by atoms with Crippen LogP contribution in [0.25, 0.3) is 22.2 Å². The first-order chi connectivity index (χ1) is 15.9. The van der Waals surface area contributed by atoms with Crippen molar-refractivity contribution in [3.05, 3.63) is 57.0 Å². The molecular formula is C27H32N4O2. The van der Waals surface area contributed by atoms with Crippen molar-refractivity contribution >= 4 is 10.9 Å². The Hall–Kier alpha value is -2.88. The first-order valence-electron chi connectivity index (χ1n) is 12.0. The van der Waals surface area contributed by atoms with Gasteiger partial charge in [0.15, 0.2) is 0 Å². The average Bonchev–Trinajstić information content (AvgIpc) is 3.15. The topological polar surface area (TPSA) is 74.0 Å². The van der Waals surface area contributed by atoms with E-state index >= 15 is 0 Å². The van der Waals surface area contributed by atoms with Crippen molar-refractivity contribution in [1.82, 2.24) is 14.5 Å². The third kappa shape index (κ3) is 3.70. The molecule has 2 aromatic heterocycles. The highest BCUT2D eigenvalue weighted by molar-refractivity contribution is 5.92. The highest BCUT2D eigenvalue weighted by Crippen LogP contribution is 2.39. The van der Waals surface area contributed by atoms with E-state index in [2.05, 4.69) is 48.0 Å². The number of fused-ring (bicyclic) bond motifs is 1. The Bertz CT molecular complexity index is 1300. The van der Waals surface area contributed by atoms with Crippen LogP contribution in [-0.4, -0.2) is 46.8 Å². The van der Waals surface area contributed by atoms with Gasteiger partial charge < -0.3 is 14.3 Å². The number of benzene rings is 1. The number of hydrogen-bond donors (Lipinski definition) is 1. The van der Waals surface area contributed by atoms with Crippen molar-refractivity contribution in [2.24, 2.45) is 7.05 Å². The fourth-order valence-corrected chi connectivity index (χ4v) is 5.53. The molecule has 0 unspecified atom stereocenters. The molecule has 0 aliphatic carbocycles. The van der Waals surface area contributed by atoms with Crippen LogP contribution in [0.5, 0.6) is 0 Å². The van der Waals surface area contributed by atoms with E-state index in [1.54, 1.807) is 7.05 Å². The molecule has 0 spiro atoms. The number of likely N-dealkylation sites (tertiary alicyclic amines) is 1.